The molecule has 0 bridgehead atoms. The molecule has 0 saturated heterocycles. The Kier molecular flexibility index (Phi) is 4.99. The first kappa shape index (κ1) is 19.6. The Hall–Kier alpha value is -3.68. The van der Waals surface area contributed by atoms with Gasteiger partial charge in [-0.2, -0.15) is 5.10 Å². The predicted octanol–water partition coefficient (Wildman–Crippen LogP) is 3.82. The summed E-state index contributed by atoms with van der Waals surface area (Å²) in [5, 5.41) is 7.01. The molecule has 0 spiro atoms. The number of amides is 1. The number of carbonyl (C=O) groups is 1. The highest BCUT2D eigenvalue weighted by Gasteiger charge is 2.16. The third-order valence-corrected chi connectivity index (χ3v) is 4.44. The molecule has 0 atom stereocenters. The predicted molar refractivity (Wildman–Crippen MR) is 114 cm³/mol. The van der Waals surface area contributed by atoms with E-state index in [9.17, 15) is 4.79 Å². The highest BCUT2D eigenvalue weighted by atomic mass is 16.6. The zero-order valence-electron chi connectivity index (χ0n) is 17.5. The number of carbonyl (C=O) groups excluding carboxylic acids is 1. The SMILES string of the molecule is Cn1cc(-c2cc3nccn3c(-c3ccc(CNC(=O)OC(C)(C)C)cc3)n2)cn1. The van der Waals surface area contributed by atoms with Crippen molar-refractivity contribution in [1.82, 2.24) is 29.5 Å². The Morgan fingerprint density at radius 3 is 2.60 bits per heavy atom. The zero-order chi connectivity index (χ0) is 21.3. The van der Waals surface area contributed by atoms with E-state index in [4.69, 9.17) is 9.72 Å². The summed E-state index contributed by atoms with van der Waals surface area (Å²) < 4.78 is 8.97. The molecule has 4 aromatic rings. The van der Waals surface area contributed by atoms with E-state index in [0.717, 1.165) is 33.9 Å². The molecule has 0 aliphatic rings. The van der Waals surface area contributed by atoms with Crippen LogP contribution in [0.3, 0.4) is 0 Å². The maximum atomic E-state index is 11.9. The standard InChI is InChI=1S/C22H24N6O2/c1-22(2,3)30-21(29)24-12-15-5-7-16(8-6-15)20-26-18(17-13-25-27(4)14-17)11-19-23-9-10-28(19)20/h5-11,13-14H,12H2,1-4H3,(H,24,29). The minimum absolute atomic E-state index is 0.388. The van der Waals surface area contributed by atoms with Crippen LogP contribution in [0, 0.1) is 0 Å². The van der Waals surface area contributed by atoms with Gasteiger partial charge in [0.15, 0.2) is 0 Å². The first-order valence-electron chi connectivity index (χ1n) is 9.68. The van der Waals surface area contributed by atoms with Gasteiger partial charge in [-0.05, 0) is 26.3 Å². The number of nitrogens with one attached hydrogen (secondary N) is 1. The third-order valence-electron chi connectivity index (χ3n) is 4.44. The van der Waals surface area contributed by atoms with E-state index in [1.807, 2.05) is 74.9 Å². The number of rotatable bonds is 4. The lowest BCUT2D eigenvalue weighted by molar-refractivity contribution is 0.0523. The van der Waals surface area contributed by atoms with Gasteiger partial charge in [-0.15, -0.1) is 0 Å². The van der Waals surface area contributed by atoms with Gasteiger partial charge in [0.05, 0.1) is 11.9 Å². The Balaban J connectivity index is 1.58. The van der Waals surface area contributed by atoms with E-state index < -0.39 is 11.7 Å². The molecular formula is C22H24N6O2. The minimum atomic E-state index is -0.519. The summed E-state index contributed by atoms with van der Waals surface area (Å²) in [4.78, 5) is 21.1. The number of aryl methyl sites for hydroxylation is 1. The molecule has 3 aromatic heterocycles. The molecule has 30 heavy (non-hydrogen) atoms. The first-order valence-corrected chi connectivity index (χ1v) is 9.68. The summed E-state index contributed by atoms with van der Waals surface area (Å²) in [6.45, 7) is 5.90. The van der Waals surface area contributed by atoms with E-state index in [1.54, 1.807) is 17.1 Å². The van der Waals surface area contributed by atoms with Crippen molar-refractivity contribution in [3.05, 3.63) is 60.7 Å². The summed E-state index contributed by atoms with van der Waals surface area (Å²) in [7, 11) is 1.88. The molecule has 1 amide bonds. The van der Waals surface area contributed by atoms with Crippen molar-refractivity contribution < 1.29 is 9.53 Å². The first-order chi connectivity index (χ1) is 14.3. The summed E-state index contributed by atoms with van der Waals surface area (Å²) in [5.74, 6) is 0.788. The fourth-order valence-electron chi connectivity index (χ4n) is 3.09. The van der Waals surface area contributed by atoms with Crippen LogP contribution in [0.4, 0.5) is 4.79 Å². The average molecular weight is 404 g/mol. The Morgan fingerprint density at radius 1 is 1.17 bits per heavy atom. The lowest BCUT2D eigenvalue weighted by Gasteiger charge is -2.19. The van der Waals surface area contributed by atoms with Crippen molar-refractivity contribution in [2.24, 2.45) is 7.05 Å². The van der Waals surface area contributed by atoms with Gasteiger partial charge in [0.25, 0.3) is 0 Å². The van der Waals surface area contributed by atoms with Crippen LogP contribution in [0.25, 0.3) is 28.3 Å². The van der Waals surface area contributed by atoms with E-state index >= 15 is 0 Å². The number of ether oxygens (including phenoxy) is 1. The fourth-order valence-corrected chi connectivity index (χ4v) is 3.09. The van der Waals surface area contributed by atoms with E-state index in [-0.39, 0.29) is 0 Å². The van der Waals surface area contributed by atoms with Gasteiger partial charge in [-0.3, -0.25) is 9.08 Å². The molecule has 3 heterocycles. The monoisotopic (exact) mass is 404 g/mol. The Bertz CT molecular complexity index is 1180. The second-order valence-corrected chi connectivity index (χ2v) is 8.08. The molecule has 0 fully saturated rings. The van der Waals surface area contributed by atoms with Gasteiger partial charge in [0.1, 0.15) is 17.1 Å². The number of fused-ring (bicyclic) bond motifs is 1. The van der Waals surface area contributed by atoms with Crippen molar-refractivity contribution in [3.63, 3.8) is 0 Å². The quantitative estimate of drug-likeness (QED) is 0.559. The molecule has 0 aliphatic heterocycles. The van der Waals surface area contributed by atoms with Crippen LogP contribution in [0.15, 0.2) is 55.1 Å². The molecular weight excluding hydrogens is 380 g/mol. The second kappa shape index (κ2) is 7.62. The van der Waals surface area contributed by atoms with Crippen LogP contribution in [0.1, 0.15) is 26.3 Å². The molecule has 0 unspecified atom stereocenters. The van der Waals surface area contributed by atoms with Crippen LogP contribution < -0.4 is 5.32 Å². The van der Waals surface area contributed by atoms with Crippen molar-refractivity contribution in [1.29, 1.82) is 0 Å². The summed E-state index contributed by atoms with van der Waals surface area (Å²) >= 11 is 0. The third kappa shape index (κ3) is 4.32. The van der Waals surface area contributed by atoms with Gasteiger partial charge < -0.3 is 10.1 Å². The van der Waals surface area contributed by atoms with Gasteiger partial charge in [-0.1, -0.05) is 24.3 Å². The molecule has 1 N–H and O–H groups in total. The van der Waals surface area contributed by atoms with Crippen molar-refractivity contribution in [2.75, 3.05) is 0 Å². The number of nitrogens with zero attached hydrogens (tertiary/aromatic N) is 5. The number of hydrogen-bond acceptors (Lipinski definition) is 5. The normalized spacial score (nSPS) is 11.6. The molecule has 0 radical (unpaired) electrons. The van der Waals surface area contributed by atoms with Gasteiger partial charge in [0, 0.05) is 49.4 Å². The highest BCUT2D eigenvalue weighted by Crippen LogP contribution is 2.25. The van der Waals surface area contributed by atoms with Gasteiger partial charge in [0.2, 0.25) is 0 Å². The number of aromatic nitrogens is 5. The second-order valence-electron chi connectivity index (χ2n) is 8.08. The zero-order valence-corrected chi connectivity index (χ0v) is 17.5. The van der Waals surface area contributed by atoms with Gasteiger partial charge in [-0.25, -0.2) is 14.8 Å². The van der Waals surface area contributed by atoms with Crippen LogP contribution in [-0.2, 0) is 18.3 Å². The van der Waals surface area contributed by atoms with Crippen molar-refractivity contribution in [3.8, 4) is 22.6 Å². The molecule has 0 saturated carbocycles. The molecule has 0 aliphatic carbocycles. The van der Waals surface area contributed by atoms with Crippen molar-refractivity contribution >= 4 is 11.7 Å². The number of imidazole rings is 1. The highest BCUT2D eigenvalue weighted by molar-refractivity contribution is 5.69. The number of alkyl carbamates (subject to hydrolysis) is 1. The smallest absolute Gasteiger partial charge is 0.407 e. The molecule has 8 heteroatoms. The summed E-state index contributed by atoms with van der Waals surface area (Å²) in [6.07, 6.45) is 6.93. The van der Waals surface area contributed by atoms with Crippen LogP contribution in [0.2, 0.25) is 0 Å². The summed E-state index contributed by atoms with van der Waals surface area (Å²) in [5.41, 5.74) is 3.96. The lowest BCUT2D eigenvalue weighted by Crippen LogP contribution is -2.32. The fraction of sp³-hybridized carbons (Fsp3) is 0.273. The number of hydrogen-bond donors (Lipinski definition) is 1. The maximum Gasteiger partial charge on any atom is 0.407 e. The summed E-state index contributed by atoms with van der Waals surface area (Å²) in [6, 6.07) is 9.85. The van der Waals surface area contributed by atoms with Gasteiger partial charge >= 0.3 is 6.09 Å². The average Bonchev–Trinajstić information content (AvgIpc) is 3.33. The molecule has 154 valence electrons. The van der Waals surface area contributed by atoms with Crippen LogP contribution in [0.5, 0.6) is 0 Å². The lowest BCUT2D eigenvalue weighted by atomic mass is 10.1. The van der Waals surface area contributed by atoms with Crippen LogP contribution >= 0.6 is 0 Å². The van der Waals surface area contributed by atoms with Crippen LogP contribution in [-0.4, -0.2) is 35.8 Å². The topological polar surface area (TPSA) is 86.3 Å². The minimum Gasteiger partial charge on any atom is -0.444 e. The van der Waals surface area contributed by atoms with E-state index in [0.29, 0.717) is 6.54 Å². The Labute approximate surface area is 174 Å². The molecule has 8 nitrogen and oxygen atoms in total. The molecule has 1 aromatic carbocycles. The van der Waals surface area contributed by atoms with Crippen molar-refractivity contribution in [2.45, 2.75) is 32.9 Å². The largest absolute Gasteiger partial charge is 0.444 e. The maximum absolute atomic E-state index is 11.9. The Morgan fingerprint density at radius 2 is 1.93 bits per heavy atom. The van der Waals surface area contributed by atoms with E-state index in [2.05, 4.69) is 15.4 Å². The number of benzene rings is 1. The van der Waals surface area contributed by atoms with E-state index in [1.165, 1.54) is 0 Å². The molecule has 4 rings (SSSR count).